The van der Waals surface area contributed by atoms with Gasteiger partial charge in [0.25, 0.3) is 0 Å². The largest absolute Gasteiger partial charge is 0.463 e. The zero-order valence-electron chi connectivity index (χ0n) is 17.2. The third-order valence-corrected chi connectivity index (χ3v) is 4.98. The van der Waals surface area contributed by atoms with Crippen LogP contribution >= 0.6 is 0 Å². The summed E-state index contributed by atoms with van der Waals surface area (Å²) in [6.07, 6.45) is -0.469. The number of esters is 2. The molecular formula is C21H24N2O7. The van der Waals surface area contributed by atoms with Gasteiger partial charge in [0.15, 0.2) is 5.92 Å². The highest BCUT2D eigenvalue weighted by Crippen LogP contribution is 2.52. The Morgan fingerprint density at radius 3 is 2.63 bits per heavy atom. The van der Waals surface area contributed by atoms with Crippen molar-refractivity contribution in [2.45, 2.75) is 32.3 Å². The van der Waals surface area contributed by atoms with Crippen molar-refractivity contribution in [3.63, 3.8) is 0 Å². The fourth-order valence-corrected chi connectivity index (χ4v) is 3.88. The molecule has 160 valence electrons. The first-order valence-electron chi connectivity index (χ1n) is 9.50. The second kappa shape index (κ2) is 8.27. The molecule has 0 aliphatic carbocycles. The molecule has 0 radical (unpaired) electrons. The number of anilines is 1. The zero-order valence-corrected chi connectivity index (χ0v) is 17.2. The molecule has 1 spiro atoms. The second-order valence-electron chi connectivity index (χ2n) is 7.25. The van der Waals surface area contributed by atoms with Crippen LogP contribution in [-0.4, -0.2) is 50.2 Å². The van der Waals surface area contributed by atoms with Crippen LogP contribution in [0, 0.1) is 11.3 Å². The first-order chi connectivity index (χ1) is 14.2. The standard InChI is InChI=1S/C21H24N2O7/c1-11(2)29-19(25)15-12(3)30-17(22)16(18(24)28-10-9-27-4)21(15)13-7-5-6-8-14(13)23-20(21)26/h5-8,11,16,22H,9-10H2,1-4H3,(H,23,26). The summed E-state index contributed by atoms with van der Waals surface area (Å²) in [5.74, 6) is -4.25. The molecule has 2 atom stereocenters. The van der Waals surface area contributed by atoms with Crippen molar-refractivity contribution in [2.24, 2.45) is 5.92 Å². The smallest absolute Gasteiger partial charge is 0.339 e. The molecular weight excluding hydrogens is 392 g/mol. The number of ether oxygens (including phenoxy) is 4. The van der Waals surface area contributed by atoms with Gasteiger partial charge in [0.2, 0.25) is 11.8 Å². The van der Waals surface area contributed by atoms with Gasteiger partial charge in [0.05, 0.1) is 18.3 Å². The Hall–Kier alpha value is -3.20. The average Bonchev–Trinajstić information content (AvgIpc) is 2.93. The third-order valence-electron chi connectivity index (χ3n) is 4.98. The van der Waals surface area contributed by atoms with E-state index in [1.807, 2.05) is 0 Å². The fraction of sp³-hybridized carbons (Fsp3) is 0.429. The van der Waals surface area contributed by atoms with Crippen molar-refractivity contribution >= 4 is 29.4 Å². The van der Waals surface area contributed by atoms with Crippen LogP contribution in [0.3, 0.4) is 0 Å². The maximum absolute atomic E-state index is 13.4. The van der Waals surface area contributed by atoms with Crippen LogP contribution in [0.4, 0.5) is 5.69 Å². The molecule has 30 heavy (non-hydrogen) atoms. The van der Waals surface area contributed by atoms with Crippen molar-refractivity contribution < 1.29 is 33.3 Å². The van der Waals surface area contributed by atoms with Crippen LogP contribution in [-0.2, 0) is 38.7 Å². The SMILES string of the molecule is COCCOC(=O)C1C(=N)OC(C)=C(C(=O)OC(C)C)C12C(=O)Nc1ccccc12. The molecule has 0 saturated heterocycles. The second-order valence-corrected chi connectivity index (χ2v) is 7.25. The minimum absolute atomic E-state index is 0.0263. The van der Waals surface area contributed by atoms with Crippen LogP contribution in [0.2, 0.25) is 0 Å². The van der Waals surface area contributed by atoms with Crippen molar-refractivity contribution in [3.05, 3.63) is 41.2 Å². The lowest BCUT2D eigenvalue weighted by Crippen LogP contribution is -2.56. The van der Waals surface area contributed by atoms with Gasteiger partial charge in [-0.15, -0.1) is 0 Å². The summed E-state index contributed by atoms with van der Waals surface area (Å²) in [6.45, 7) is 4.87. The van der Waals surface area contributed by atoms with Crippen LogP contribution in [0.15, 0.2) is 35.6 Å². The zero-order chi connectivity index (χ0) is 22.1. The third kappa shape index (κ3) is 3.35. The monoisotopic (exact) mass is 416 g/mol. The van der Waals surface area contributed by atoms with E-state index in [0.717, 1.165) is 0 Å². The number of carbonyl (C=O) groups is 3. The lowest BCUT2D eigenvalue weighted by atomic mass is 9.64. The summed E-state index contributed by atoms with van der Waals surface area (Å²) in [4.78, 5) is 39.5. The number of fused-ring (bicyclic) bond motifs is 2. The number of methoxy groups -OCH3 is 1. The number of para-hydroxylation sites is 1. The molecule has 2 unspecified atom stereocenters. The van der Waals surface area contributed by atoms with Gasteiger partial charge in [-0.2, -0.15) is 0 Å². The number of nitrogens with one attached hydrogen (secondary N) is 2. The highest BCUT2D eigenvalue weighted by atomic mass is 16.6. The molecule has 0 aromatic heterocycles. The van der Waals surface area contributed by atoms with Gasteiger partial charge >= 0.3 is 11.9 Å². The number of hydrogen-bond acceptors (Lipinski definition) is 8. The Morgan fingerprint density at radius 2 is 1.97 bits per heavy atom. The van der Waals surface area contributed by atoms with Crippen LogP contribution in [0.5, 0.6) is 0 Å². The highest BCUT2D eigenvalue weighted by molar-refractivity contribution is 6.21. The van der Waals surface area contributed by atoms with Crippen molar-refractivity contribution in [3.8, 4) is 0 Å². The number of allylic oxidation sites excluding steroid dienone is 1. The number of amides is 1. The molecule has 1 aromatic carbocycles. The van der Waals surface area contributed by atoms with E-state index in [-0.39, 0.29) is 24.5 Å². The minimum Gasteiger partial charge on any atom is -0.463 e. The summed E-state index contributed by atoms with van der Waals surface area (Å²) in [5.41, 5.74) is -1.14. The first-order valence-corrected chi connectivity index (χ1v) is 9.50. The summed E-state index contributed by atoms with van der Waals surface area (Å²) in [7, 11) is 1.45. The summed E-state index contributed by atoms with van der Waals surface area (Å²) in [5, 5.41) is 11.1. The summed E-state index contributed by atoms with van der Waals surface area (Å²) >= 11 is 0. The van der Waals surface area contributed by atoms with Crippen LogP contribution in [0.1, 0.15) is 26.3 Å². The molecule has 2 heterocycles. The number of rotatable bonds is 6. The molecule has 9 nitrogen and oxygen atoms in total. The lowest BCUT2D eigenvalue weighted by molar-refractivity contribution is -0.153. The average molecular weight is 416 g/mol. The Morgan fingerprint density at radius 1 is 1.27 bits per heavy atom. The summed E-state index contributed by atoms with van der Waals surface area (Å²) < 4.78 is 21.0. The highest BCUT2D eigenvalue weighted by Gasteiger charge is 2.65. The van der Waals surface area contributed by atoms with Gasteiger partial charge in [-0.1, -0.05) is 18.2 Å². The number of carbonyl (C=O) groups excluding carboxylic acids is 3. The molecule has 0 fully saturated rings. The molecule has 0 saturated carbocycles. The van der Waals surface area contributed by atoms with Crippen LogP contribution in [0.25, 0.3) is 0 Å². The van der Waals surface area contributed by atoms with Crippen molar-refractivity contribution in [2.75, 3.05) is 25.6 Å². The predicted molar refractivity (Wildman–Crippen MR) is 106 cm³/mol. The quantitative estimate of drug-likeness (QED) is 0.536. The fourth-order valence-electron chi connectivity index (χ4n) is 3.88. The van der Waals surface area contributed by atoms with E-state index in [1.165, 1.54) is 14.0 Å². The number of benzene rings is 1. The van der Waals surface area contributed by atoms with E-state index in [4.69, 9.17) is 24.4 Å². The molecule has 0 bridgehead atoms. The Labute approximate surface area is 173 Å². The molecule has 1 aromatic rings. The van der Waals surface area contributed by atoms with Gasteiger partial charge in [-0.3, -0.25) is 15.0 Å². The van der Waals surface area contributed by atoms with Gasteiger partial charge in [0, 0.05) is 12.8 Å². The predicted octanol–water partition coefficient (Wildman–Crippen LogP) is 1.92. The molecule has 1 amide bonds. The Balaban J connectivity index is 2.23. The Kier molecular flexibility index (Phi) is 5.93. The van der Waals surface area contributed by atoms with E-state index in [2.05, 4.69) is 5.32 Å². The molecule has 2 aliphatic rings. The van der Waals surface area contributed by atoms with Gasteiger partial charge in [-0.25, -0.2) is 4.79 Å². The van der Waals surface area contributed by atoms with Gasteiger partial charge in [-0.05, 0) is 32.4 Å². The lowest BCUT2D eigenvalue weighted by Gasteiger charge is -2.39. The first kappa shape index (κ1) is 21.5. The van der Waals surface area contributed by atoms with Crippen LogP contribution < -0.4 is 5.32 Å². The number of hydrogen-bond donors (Lipinski definition) is 2. The van der Waals surface area contributed by atoms with E-state index >= 15 is 0 Å². The Bertz CT molecular complexity index is 937. The summed E-state index contributed by atoms with van der Waals surface area (Å²) in [6, 6.07) is 6.71. The molecule has 3 rings (SSSR count). The molecule has 2 aliphatic heterocycles. The normalized spacial score (nSPS) is 22.6. The van der Waals surface area contributed by atoms with E-state index in [9.17, 15) is 14.4 Å². The van der Waals surface area contributed by atoms with Crippen molar-refractivity contribution in [1.29, 1.82) is 5.41 Å². The minimum atomic E-state index is -1.84. The topological polar surface area (TPSA) is 124 Å². The maximum atomic E-state index is 13.4. The van der Waals surface area contributed by atoms with Crippen molar-refractivity contribution in [1.82, 2.24) is 0 Å². The van der Waals surface area contributed by atoms with Gasteiger partial charge < -0.3 is 24.3 Å². The van der Waals surface area contributed by atoms with E-state index in [0.29, 0.717) is 11.3 Å². The van der Waals surface area contributed by atoms with E-state index < -0.39 is 41.2 Å². The molecule has 9 heteroatoms. The van der Waals surface area contributed by atoms with Gasteiger partial charge in [0.1, 0.15) is 17.8 Å². The molecule has 2 N–H and O–H groups in total. The maximum Gasteiger partial charge on any atom is 0.339 e. The van der Waals surface area contributed by atoms with E-state index in [1.54, 1.807) is 38.1 Å².